The Balaban J connectivity index is 1.62. The van der Waals surface area contributed by atoms with Gasteiger partial charge < -0.3 is 15.0 Å². The number of nitrogens with one attached hydrogen (secondary N) is 1. The van der Waals surface area contributed by atoms with Crippen molar-refractivity contribution in [2.24, 2.45) is 0 Å². The molecule has 0 aliphatic rings. The van der Waals surface area contributed by atoms with Gasteiger partial charge in [0, 0.05) is 30.7 Å². The number of amides is 1. The second-order valence-electron chi connectivity index (χ2n) is 6.33. The highest BCUT2D eigenvalue weighted by atomic mass is 16.5. The molecule has 0 radical (unpaired) electrons. The maximum Gasteiger partial charge on any atom is 0.272 e. The van der Waals surface area contributed by atoms with E-state index in [-0.39, 0.29) is 5.91 Å². The summed E-state index contributed by atoms with van der Waals surface area (Å²) in [5.41, 5.74) is 3.31. The first-order valence-corrected chi connectivity index (χ1v) is 9.48. The van der Waals surface area contributed by atoms with Crippen molar-refractivity contribution >= 4 is 17.3 Å². The van der Waals surface area contributed by atoms with Crippen LogP contribution in [0.2, 0.25) is 0 Å². The van der Waals surface area contributed by atoms with Crippen LogP contribution in [0.25, 0.3) is 0 Å². The number of hydrogen-bond donors (Lipinski definition) is 1. The van der Waals surface area contributed by atoms with Gasteiger partial charge in [-0.25, -0.2) is 0 Å². The van der Waals surface area contributed by atoms with Crippen LogP contribution in [0.15, 0.2) is 72.9 Å². The number of rotatable bonds is 8. The Morgan fingerprint density at radius 2 is 1.68 bits per heavy atom. The molecule has 3 rings (SSSR count). The number of pyridine rings is 1. The lowest BCUT2D eigenvalue weighted by Crippen LogP contribution is -2.31. The van der Waals surface area contributed by atoms with Crippen LogP contribution in [0.3, 0.4) is 0 Å². The number of ether oxygens (including phenoxy) is 1. The Kier molecular flexibility index (Phi) is 6.63. The van der Waals surface area contributed by atoms with E-state index in [0.717, 1.165) is 22.7 Å². The lowest BCUT2D eigenvalue weighted by atomic mass is 10.2. The van der Waals surface area contributed by atoms with E-state index in [4.69, 9.17) is 4.74 Å². The van der Waals surface area contributed by atoms with Crippen LogP contribution in [-0.2, 0) is 6.61 Å². The Bertz CT molecular complexity index is 891. The predicted octanol–water partition coefficient (Wildman–Crippen LogP) is 4.89. The summed E-state index contributed by atoms with van der Waals surface area (Å²) in [5, 5.41) is 3.31. The number of benzene rings is 2. The zero-order valence-corrected chi connectivity index (χ0v) is 16.3. The number of aromatic nitrogens is 1. The van der Waals surface area contributed by atoms with Gasteiger partial charge in [0.2, 0.25) is 0 Å². The lowest BCUT2D eigenvalue weighted by Gasteiger charge is -2.18. The summed E-state index contributed by atoms with van der Waals surface area (Å²) in [6.45, 7) is 5.79. The Morgan fingerprint density at radius 1 is 0.964 bits per heavy atom. The van der Waals surface area contributed by atoms with Gasteiger partial charge in [-0.2, -0.15) is 0 Å². The molecule has 3 aromatic rings. The standard InChI is InChI=1S/C23H25N3O2/c1-3-26(4-2)23(27)22-16-20(14-15-24-22)25-19-10-12-21(13-11-19)28-17-18-8-6-5-7-9-18/h5-16H,3-4,17H2,1-2H3,(H,24,25). The summed E-state index contributed by atoms with van der Waals surface area (Å²) in [5.74, 6) is 0.750. The average Bonchev–Trinajstić information content (AvgIpc) is 2.75. The first-order chi connectivity index (χ1) is 13.7. The Morgan fingerprint density at radius 3 is 2.36 bits per heavy atom. The van der Waals surface area contributed by atoms with Crippen LogP contribution in [0.4, 0.5) is 11.4 Å². The van der Waals surface area contributed by atoms with Crippen LogP contribution < -0.4 is 10.1 Å². The molecule has 0 fully saturated rings. The minimum absolute atomic E-state index is 0.0571. The first kappa shape index (κ1) is 19.4. The molecule has 5 heteroatoms. The molecule has 5 nitrogen and oxygen atoms in total. The van der Waals surface area contributed by atoms with Gasteiger partial charge in [0.05, 0.1) is 0 Å². The van der Waals surface area contributed by atoms with Crippen LogP contribution in [-0.4, -0.2) is 28.9 Å². The molecule has 0 aliphatic carbocycles. The molecule has 0 spiro atoms. The number of carbonyl (C=O) groups excluding carboxylic acids is 1. The van der Waals surface area contributed by atoms with E-state index in [1.807, 2.05) is 74.5 Å². The maximum atomic E-state index is 12.5. The third kappa shape index (κ3) is 5.10. The largest absolute Gasteiger partial charge is 0.489 e. The third-order valence-corrected chi connectivity index (χ3v) is 4.42. The van der Waals surface area contributed by atoms with E-state index >= 15 is 0 Å². The van der Waals surface area contributed by atoms with Gasteiger partial charge in [0.25, 0.3) is 5.91 Å². The summed E-state index contributed by atoms with van der Waals surface area (Å²) in [4.78, 5) is 18.4. The van der Waals surface area contributed by atoms with Gasteiger partial charge in [0.1, 0.15) is 18.1 Å². The minimum atomic E-state index is -0.0571. The van der Waals surface area contributed by atoms with E-state index in [9.17, 15) is 4.79 Å². The molecule has 0 aliphatic heterocycles. The van der Waals surface area contributed by atoms with E-state index in [0.29, 0.717) is 25.4 Å². The normalized spacial score (nSPS) is 10.4. The number of nitrogens with zero attached hydrogens (tertiary/aromatic N) is 2. The summed E-state index contributed by atoms with van der Waals surface area (Å²) in [6.07, 6.45) is 1.65. The fourth-order valence-electron chi connectivity index (χ4n) is 2.84. The molecular weight excluding hydrogens is 350 g/mol. The van der Waals surface area contributed by atoms with E-state index in [1.54, 1.807) is 17.2 Å². The SMILES string of the molecule is CCN(CC)C(=O)c1cc(Nc2ccc(OCc3ccccc3)cc2)ccn1. The fraction of sp³-hybridized carbons (Fsp3) is 0.217. The molecule has 0 unspecified atom stereocenters. The highest BCUT2D eigenvalue weighted by molar-refractivity contribution is 5.93. The van der Waals surface area contributed by atoms with Crippen molar-refractivity contribution in [3.8, 4) is 5.75 Å². The average molecular weight is 375 g/mol. The second-order valence-corrected chi connectivity index (χ2v) is 6.33. The third-order valence-electron chi connectivity index (χ3n) is 4.42. The van der Waals surface area contributed by atoms with E-state index in [1.165, 1.54) is 0 Å². The van der Waals surface area contributed by atoms with Crippen molar-refractivity contribution in [2.75, 3.05) is 18.4 Å². The van der Waals surface area contributed by atoms with Gasteiger partial charge >= 0.3 is 0 Å². The van der Waals surface area contributed by atoms with Crippen molar-refractivity contribution < 1.29 is 9.53 Å². The van der Waals surface area contributed by atoms with Gasteiger partial charge in [-0.3, -0.25) is 9.78 Å². The zero-order valence-electron chi connectivity index (χ0n) is 16.3. The Hall–Kier alpha value is -3.34. The topological polar surface area (TPSA) is 54.5 Å². The van der Waals surface area contributed by atoms with Crippen LogP contribution in [0.1, 0.15) is 29.9 Å². The quantitative estimate of drug-likeness (QED) is 0.609. The van der Waals surface area contributed by atoms with E-state index in [2.05, 4.69) is 10.3 Å². The zero-order chi connectivity index (χ0) is 19.8. The van der Waals surface area contributed by atoms with Crippen molar-refractivity contribution in [2.45, 2.75) is 20.5 Å². The van der Waals surface area contributed by atoms with Crippen LogP contribution >= 0.6 is 0 Å². The monoisotopic (exact) mass is 375 g/mol. The van der Waals surface area contributed by atoms with Gasteiger partial charge in [-0.15, -0.1) is 0 Å². The number of anilines is 2. The van der Waals surface area contributed by atoms with Crippen LogP contribution in [0.5, 0.6) is 5.75 Å². The molecule has 28 heavy (non-hydrogen) atoms. The summed E-state index contributed by atoms with van der Waals surface area (Å²) < 4.78 is 5.81. The molecule has 144 valence electrons. The molecule has 0 atom stereocenters. The van der Waals surface area contributed by atoms with Crippen molar-refractivity contribution in [3.63, 3.8) is 0 Å². The molecular formula is C23H25N3O2. The Labute approximate surface area is 166 Å². The summed E-state index contributed by atoms with van der Waals surface area (Å²) >= 11 is 0. The van der Waals surface area contributed by atoms with Gasteiger partial charge in [-0.05, 0) is 55.8 Å². The molecule has 0 bridgehead atoms. The van der Waals surface area contributed by atoms with E-state index < -0.39 is 0 Å². The van der Waals surface area contributed by atoms with Crippen molar-refractivity contribution in [1.29, 1.82) is 0 Å². The smallest absolute Gasteiger partial charge is 0.272 e. The predicted molar refractivity (Wildman–Crippen MR) is 112 cm³/mol. The molecule has 1 N–H and O–H groups in total. The lowest BCUT2D eigenvalue weighted by molar-refractivity contribution is 0.0767. The molecule has 1 amide bonds. The number of carbonyl (C=O) groups is 1. The minimum Gasteiger partial charge on any atom is -0.489 e. The van der Waals surface area contributed by atoms with Crippen molar-refractivity contribution in [1.82, 2.24) is 9.88 Å². The fourth-order valence-corrected chi connectivity index (χ4v) is 2.84. The first-order valence-electron chi connectivity index (χ1n) is 9.48. The number of hydrogen-bond acceptors (Lipinski definition) is 4. The van der Waals surface area contributed by atoms with Crippen LogP contribution in [0, 0.1) is 0 Å². The molecule has 0 saturated heterocycles. The molecule has 1 aromatic heterocycles. The highest BCUT2D eigenvalue weighted by Crippen LogP contribution is 2.21. The molecule has 0 saturated carbocycles. The summed E-state index contributed by atoms with van der Waals surface area (Å²) in [6, 6.07) is 21.4. The second kappa shape index (κ2) is 9.55. The molecule has 1 heterocycles. The van der Waals surface area contributed by atoms with Gasteiger partial charge in [0.15, 0.2) is 0 Å². The van der Waals surface area contributed by atoms with Crippen molar-refractivity contribution in [3.05, 3.63) is 84.2 Å². The molecule has 2 aromatic carbocycles. The van der Waals surface area contributed by atoms with Gasteiger partial charge in [-0.1, -0.05) is 30.3 Å². The summed E-state index contributed by atoms with van der Waals surface area (Å²) in [7, 11) is 0. The highest BCUT2D eigenvalue weighted by Gasteiger charge is 2.14. The maximum absolute atomic E-state index is 12.5.